The molecule has 0 fully saturated rings. The van der Waals surface area contributed by atoms with Crippen molar-refractivity contribution in [2.24, 2.45) is 5.73 Å². The monoisotopic (exact) mass is 283 g/mol. The van der Waals surface area contributed by atoms with Crippen LogP contribution < -0.4 is 10.5 Å². The molecule has 0 saturated heterocycles. The third-order valence-electron chi connectivity index (χ3n) is 3.54. The molecular formula is C16H17N3O2. The van der Waals surface area contributed by atoms with Gasteiger partial charge in [-0.15, -0.1) is 0 Å². The first-order valence-corrected chi connectivity index (χ1v) is 6.88. The lowest BCUT2D eigenvalue weighted by molar-refractivity contribution is 0.375. The van der Waals surface area contributed by atoms with E-state index in [0.717, 1.165) is 22.1 Å². The van der Waals surface area contributed by atoms with Crippen LogP contribution in [0.5, 0.6) is 5.75 Å². The molecule has 0 bridgehead atoms. The standard InChI is InChI=1S/C16H17N3O2/c1-3-14-18-16(19-21-14)15(17)12-8-9-13(20-2)11-7-5-4-6-10(11)12/h4-9,15H,3,17H2,1-2H3. The van der Waals surface area contributed by atoms with Gasteiger partial charge >= 0.3 is 0 Å². The molecule has 1 atom stereocenters. The van der Waals surface area contributed by atoms with Gasteiger partial charge < -0.3 is 15.0 Å². The van der Waals surface area contributed by atoms with Crippen molar-refractivity contribution in [1.29, 1.82) is 0 Å². The lowest BCUT2D eigenvalue weighted by Gasteiger charge is -2.13. The van der Waals surface area contributed by atoms with E-state index in [1.54, 1.807) is 7.11 Å². The van der Waals surface area contributed by atoms with Crippen LogP contribution in [0, 0.1) is 0 Å². The van der Waals surface area contributed by atoms with E-state index in [0.29, 0.717) is 18.1 Å². The second-order valence-electron chi connectivity index (χ2n) is 4.78. The molecule has 0 saturated carbocycles. The lowest BCUT2D eigenvalue weighted by atomic mass is 9.98. The summed E-state index contributed by atoms with van der Waals surface area (Å²) in [6.07, 6.45) is 0.698. The van der Waals surface area contributed by atoms with Crippen LogP contribution in [0.2, 0.25) is 0 Å². The van der Waals surface area contributed by atoms with Crippen molar-refractivity contribution in [2.75, 3.05) is 7.11 Å². The molecule has 0 radical (unpaired) electrons. The van der Waals surface area contributed by atoms with Crippen molar-refractivity contribution < 1.29 is 9.26 Å². The van der Waals surface area contributed by atoms with Crippen LogP contribution in [0.15, 0.2) is 40.9 Å². The van der Waals surface area contributed by atoms with Crippen molar-refractivity contribution in [1.82, 2.24) is 10.1 Å². The SMILES string of the molecule is CCc1nc(C(N)c2ccc(OC)c3ccccc23)no1. The van der Waals surface area contributed by atoms with Gasteiger partial charge in [0.2, 0.25) is 5.89 Å². The van der Waals surface area contributed by atoms with Crippen LogP contribution in [-0.2, 0) is 6.42 Å². The molecule has 0 amide bonds. The number of aromatic nitrogens is 2. The van der Waals surface area contributed by atoms with Gasteiger partial charge in [0.1, 0.15) is 5.75 Å². The summed E-state index contributed by atoms with van der Waals surface area (Å²) in [4.78, 5) is 4.32. The van der Waals surface area contributed by atoms with E-state index in [1.807, 2.05) is 43.3 Å². The van der Waals surface area contributed by atoms with Crippen LogP contribution in [-0.4, -0.2) is 17.3 Å². The number of ether oxygens (including phenoxy) is 1. The Hall–Kier alpha value is -2.40. The minimum absolute atomic E-state index is 0.426. The van der Waals surface area contributed by atoms with Gasteiger partial charge in [-0.3, -0.25) is 0 Å². The van der Waals surface area contributed by atoms with Crippen molar-refractivity contribution >= 4 is 10.8 Å². The number of hydrogen-bond donors (Lipinski definition) is 1. The maximum absolute atomic E-state index is 6.32. The van der Waals surface area contributed by atoms with Gasteiger partial charge in [0.25, 0.3) is 0 Å². The predicted octanol–water partition coefficient (Wildman–Crippen LogP) is 2.84. The van der Waals surface area contributed by atoms with Gasteiger partial charge in [0.05, 0.1) is 13.2 Å². The molecule has 0 aliphatic rings. The third kappa shape index (κ3) is 2.36. The zero-order valence-electron chi connectivity index (χ0n) is 12.0. The highest BCUT2D eigenvalue weighted by Gasteiger charge is 2.19. The van der Waals surface area contributed by atoms with Crippen LogP contribution >= 0.6 is 0 Å². The molecule has 5 heteroatoms. The topological polar surface area (TPSA) is 74.2 Å². The molecule has 0 aliphatic carbocycles. The molecule has 1 aromatic heterocycles. The Labute approximate surface area is 122 Å². The van der Waals surface area contributed by atoms with Crippen molar-refractivity contribution in [2.45, 2.75) is 19.4 Å². The first-order chi connectivity index (χ1) is 10.2. The second kappa shape index (κ2) is 5.54. The third-order valence-corrected chi connectivity index (χ3v) is 3.54. The Morgan fingerprint density at radius 2 is 1.95 bits per heavy atom. The average molecular weight is 283 g/mol. The lowest BCUT2D eigenvalue weighted by Crippen LogP contribution is -2.14. The van der Waals surface area contributed by atoms with E-state index in [2.05, 4.69) is 10.1 Å². The van der Waals surface area contributed by atoms with Gasteiger partial charge in [0.15, 0.2) is 5.82 Å². The maximum atomic E-state index is 6.32. The maximum Gasteiger partial charge on any atom is 0.226 e. The minimum Gasteiger partial charge on any atom is -0.496 e. The summed E-state index contributed by atoms with van der Waals surface area (Å²) in [5.74, 6) is 1.92. The Bertz CT molecular complexity index is 767. The highest BCUT2D eigenvalue weighted by Crippen LogP contribution is 2.32. The molecule has 2 aromatic carbocycles. The number of nitrogens with two attached hydrogens (primary N) is 1. The molecule has 1 unspecified atom stereocenters. The first kappa shape index (κ1) is 13.6. The second-order valence-corrected chi connectivity index (χ2v) is 4.78. The van der Waals surface area contributed by atoms with Crippen molar-refractivity contribution in [3.8, 4) is 5.75 Å². The van der Waals surface area contributed by atoms with E-state index >= 15 is 0 Å². The number of nitrogens with zero attached hydrogens (tertiary/aromatic N) is 2. The Balaban J connectivity index is 2.11. The van der Waals surface area contributed by atoms with E-state index in [9.17, 15) is 0 Å². The molecule has 21 heavy (non-hydrogen) atoms. The zero-order valence-corrected chi connectivity index (χ0v) is 12.0. The zero-order chi connectivity index (χ0) is 14.8. The Kier molecular flexibility index (Phi) is 3.58. The Morgan fingerprint density at radius 1 is 1.19 bits per heavy atom. The highest BCUT2D eigenvalue weighted by molar-refractivity contribution is 5.91. The van der Waals surface area contributed by atoms with E-state index in [4.69, 9.17) is 15.0 Å². The first-order valence-electron chi connectivity index (χ1n) is 6.88. The summed E-state index contributed by atoms with van der Waals surface area (Å²) >= 11 is 0. The summed E-state index contributed by atoms with van der Waals surface area (Å²) in [5.41, 5.74) is 7.27. The van der Waals surface area contributed by atoms with Crippen LogP contribution in [0.1, 0.15) is 30.2 Å². The molecule has 108 valence electrons. The predicted molar refractivity (Wildman–Crippen MR) is 80.2 cm³/mol. The van der Waals surface area contributed by atoms with E-state index < -0.39 is 6.04 Å². The van der Waals surface area contributed by atoms with Crippen molar-refractivity contribution in [3.05, 3.63) is 53.7 Å². The largest absolute Gasteiger partial charge is 0.496 e. The summed E-state index contributed by atoms with van der Waals surface area (Å²) in [7, 11) is 1.66. The molecule has 0 spiro atoms. The summed E-state index contributed by atoms with van der Waals surface area (Å²) in [5, 5.41) is 6.03. The smallest absolute Gasteiger partial charge is 0.226 e. The summed E-state index contributed by atoms with van der Waals surface area (Å²) in [6, 6.07) is 11.4. The van der Waals surface area contributed by atoms with Crippen molar-refractivity contribution in [3.63, 3.8) is 0 Å². The van der Waals surface area contributed by atoms with Gasteiger partial charge in [-0.25, -0.2) is 0 Å². The molecule has 0 aliphatic heterocycles. The summed E-state index contributed by atoms with van der Waals surface area (Å²) in [6.45, 7) is 1.96. The number of benzene rings is 2. The van der Waals surface area contributed by atoms with E-state index in [-0.39, 0.29) is 0 Å². The molecule has 3 aromatic rings. The average Bonchev–Trinajstić information content (AvgIpc) is 3.02. The summed E-state index contributed by atoms with van der Waals surface area (Å²) < 4.78 is 10.5. The van der Waals surface area contributed by atoms with Crippen LogP contribution in [0.25, 0.3) is 10.8 Å². The van der Waals surface area contributed by atoms with Gasteiger partial charge in [-0.05, 0) is 17.0 Å². The minimum atomic E-state index is -0.426. The Morgan fingerprint density at radius 3 is 2.62 bits per heavy atom. The van der Waals surface area contributed by atoms with Crippen LogP contribution in [0.4, 0.5) is 0 Å². The quantitative estimate of drug-likeness (QED) is 0.797. The number of aryl methyl sites for hydroxylation is 1. The molecule has 2 N–H and O–H groups in total. The van der Waals surface area contributed by atoms with Gasteiger partial charge in [-0.1, -0.05) is 42.4 Å². The fourth-order valence-corrected chi connectivity index (χ4v) is 2.42. The number of rotatable bonds is 4. The molecule has 3 rings (SSSR count). The van der Waals surface area contributed by atoms with Crippen LogP contribution in [0.3, 0.4) is 0 Å². The number of methoxy groups -OCH3 is 1. The fourth-order valence-electron chi connectivity index (χ4n) is 2.42. The number of hydrogen-bond acceptors (Lipinski definition) is 5. The van der Waals surface area contributed by atoms with Gasteiger partial charge in [-0.2, -0.15) is 4.98 Å². The van der Waals surface area contributed by atoms with E-state index in [1.165, 1.54) is 0 Å². The number of fused-ring (bicyclic) bond motifs is 1. The molecule has 5 nitrogen and oxygen atoms in total. The highest BCUT2D eigenvalue weighted by atomic mass is 16.5. The molecule has 1 heterocycles. The molecular weight excluding hydrogens is 266 g/mol. The normalized spacial score (nSPS) is 12.5. The van der Waals surface area contributed by atoms with Gasteiger partial charge in [0, 0.05) is 11.8 Å². The fraction of sp³-hybridized carbons (Fsp3) is 0.250.